The molecule has 0 aliphatic carbocycles. The summed E-state index contributed by atoms with van der Waals surface area (Å²) in [5.74, 6) is 0.212. The zero-order valence-corrected chi connectivity index (χ0v) is 15.3. The van der Waals surface area contributed by atoms with Crippen molar-refractivity contribution < 1.29 is 9.18 Å². The molecular weight excluding hydrogens is 357 g/mol. The lowest BCUT2D eigenvalue weighted by Gasteiger charge is -2.36. The van der Waals surface area contributed by atoms with E-state index in [0.717, 1.165) is 0 Å². The van der Waals surface area contributed by atoms with E-state index in [1.165, 1.54) is 12.3 Å². The Morgan fingerprint density at radius 1 is 0.857 bits per heavy atom. The lowest BCUT2D eigenvalue weighted by Crippen LogP contribution is -2.47. The Balaban J connectivity index is 1.37. The number of benzene rings is 2. The molecule has 4 rings (SSSR count). The lowest BCUT2D eigenvalue weighted by molar-refractivity contribution is 0.102. The number of piperazine rings is 1. The molecule has 28 heavy (non-hydrogen) atoms. The van der Waals surface area contributed by atoms with Crippen LogP contribution in [-0.2, 0) is 0 Å². The second-order valence-corrected chi connectivity index (χ2v) is 6.51. The zero-order chi connectivity index (χ0) is 19.3. The molecule has 0 saturated carbocycles. The zero-order valence-electron chi connectivity index (χ0n) is 15.3. The van der Waals surface area contributed by atoms with Crippen LogP contribution >= 0.6 is 0 Å². The maximum absolute atomic E-state index is 14.0. The first-order valence-electron chi connectivity index (χ1n) is 9.13. The van der Waals surface area contributed by atoms with Crippen molar-refractivity contribution in [2.75, 3.05) is 41.3 Å². The second-order valence-electron chi connectivity index (χ2n) is 6.51. The number of anilines is 3. The largest absolute Gasteiger partial charge is 0.366 e. The molecule has 7 heteroatoms. The van der Waals surface area contributed by atoms with Gasteiger partial charge in [-0.15, -0.1) is 0 Å². The van der Waals surface area contributed by atoms with Gasteiger partial charge in [0.15, 0.2) is 0 Å². The van der Waals surface area contributed by atoms with E-state index < -0.39 is 0 Å². The molecule has 142 valence electrons. The lowest BCUT2D eigenvalue weighted by atomic mass is 10.2. The average Bonchev–Trinajstić information content (AvgIpc) is 2.75. The number of nitrogens with zero attached hydrogens (tertiary/aromatic N) is 4. The molecule has 2 heterocycles. The fraction of sp³-hybridized carbons (Fsp3) is 0.190. The average molecular weight is 377 g/mol. The summed E-state index contributed by atoms with van der Waals surface area (Å²) in [6.45, 7) is 2.80. The van der Waals surface area contributed by atoms with Gasteiger partial charge in [-0.25, -0.2) is 14.4 Å². The van der Waals surface area contributed by atoms with E-state index in [4.69, 9.17) is 0 Å². The third-order valence-electron chi connectivity index (χ3n) is 4.70. The van der Waals surface area contributed by atoms with E-state index in [9.17, 15) is 9.18 Å². The summed E-state index contributed by atoms with van der Waals surface area (Å²) in [5, 5.41) is 2.79. The van der Waals surface area contributed by atoms with Crippen LogP contribution in [0.5, 0.6) is 0 Å². The van der Waals surface area contributed by atoms with Crippen molar-refractivity contribution in [2.24, 2.45) is 0 Å². The number of hydrogen-bond donors (Lipinski definition) is 1. The molecule has 0 unspecified atom stereocenters. The number of para-hydroxylation sites is 2. The monoisotopic (exact) mass is 377 g/mol. The SMILES string of the molecule is O=C(Nc1ccccc1)c1cnc(N2CCN(c3ccccc3F)CC2)cn1. The van der Waals surface area contributed by atoms with Gasteiger partial charge in [0.2, 0.25) is 0 Å². The molecule has 1 aliphatic rings. The molecule has 1 aliphatic heterocycles. The van der Waals surface area contributed by atoms with E-state index in [-0.39, 0.29) is 17.4 Å². The van der Waals surface area contributed by atoms with Crippen molar-refractivity contribution in [2.45, 2.75) is 0 Å². The topological polar surface area (TPSA) is 61.4 Å². The van der Waals surface area contributed by atoms with Crippen molar-refractivity contribution >= 4 is 23.1 Å². The van der Waals surface area contributed by atoms with Gasteiger partial charge in [-0.05, 0) is 24.3 Å². The fourth-order valence-corrected chi connectivity index (χ4v) is 3.20. The van der Waals surface area contributed by atoms with Crippen molar-refractivity contribution in [1.29, 1.82) is 0 Å². The predicted molar refractivity (Wildman–Crippen MR) is 107 cm³/mol. The number of rotatable bonds is 4. The molecule has 2 aromatic carbocycles. The highest BCUT2D eigenvalue weighted by Crippen LogP contribution is 2.21. The van der Waals surface area contributed by atoms with E-state index in [1.54, 1.807) is 18.3 Å². The highest BCUT2D eigenvalue weighted by atomic mass is 19.1. The maximum atomic E-state index is 14.0. The Kier molecular flexibility index (Phi) is 5.14. The van der Waals surface area contributed by atoms with Gasteiger partial charge in [0, 0.05) is 31.9 Å². The summed E-state index contributed by atoms with van der Waals surface area (Å²) in [6, 6.07) is 16.0. The second kappa shape index (κ2) is 8.04. The van der Waals surface area contributed by atoms with Crippen LogP contribution < -0.4 is 15.1 Å². The fourth-order valence-electron chi connectivity index (χ4n) is 3.20. The van der Waals surface area contributed by atoms with Gasteiger partial charge in [-0.2, -0.15) is 0 Å². The molecule has 1 amide bonds. The van der Waals surface area contributed by atoms with Gasteiger partial charge < -0.3 is 15.1 Å². The third-order valence-corrected chi connectivity index (χ3v) is 4.70. The third kappa shape index (κ3) is 3.93. The van der Waals surface area contributed by atoms with Gasteiger partial charge >= 0.3 is 0 Å². The Morgan fingerprint density at radius 2 is 1.54 bits per heavy atom. The summed E-state index contributed by atoms with van der Waals surface area (Å²) >= 11 is 0. The van der Waals surface area contributed by atoms with E-state index in [1.807, 2.05) is 41.3 Å². The number of carbonyl (C=O) groups excluding carboxylic acids is 1. The normalized spacial score (nSPS) is 14.0. The maximum Gasteiger partial charge on any atom is 0.275 e. The summed E-state index contributed by atoms with van der Waals surface area (Å²) in [5.41, 5.74) is 1.60. The summed E-state index contributed by atoms with van der Waals surface area (Å²) in [7, 11) is 0. The first-order chi connectivity index (χ1) is 13.7. The molecule has 6 nitrogen and oxygen atoms in total. The van der Waals surface area contributed by atoms with Crippen LogP contribution in [0.15, 0.2) is 67.0 Å². The van der Waals surface area contributed by atoms with Crippen LogP contribution in [0.25, 0.3) is 0 Å². The van der Waals surface area contributed by atoms with Crippen molar-refractivity contribution in [3.8, 4) is 0 Å². The highest BCUT2D eigenvalue weighted by Gasteiger charge is 2.20. The van der Waals surface area contributed by atoms with Gasteiger partial charge in [-0.1, -0.05) is 30.3 Å². The van der Waals surface area contributed by atoms with Gasteiger partial charge in [0.1, 0.15) is 17.3 Å². The Bertz CT molecular complexity index is 941. The highest BCUT2D eigenvalue weighted by molar-refractivity contribution is 6.02. The molecule has 1 aromatic heterocycles. The predicted octanol–water partition coefficient (Wildman–Crippen LogP) is 3.19. The van der Waals surface area contributed by atoms with E-state index in [2.05, 4.69) is 20.2 Å². The summed E-state index contributed by atoms with van der Waals surface area (Å²) in [4.78, 5) is 25.0. The number of hydrogen-bond acceptors (Lipinski definition) is 5. The molecule has 1 saturated heterocycles. The van der Waals surface area contributed by atoms with Crippen LogP contribution in [0, 0.1) is 5.82 Å². The van der Waals surface area contributed by atoms with Crippen molar-refractivity contribution in [3.05, 3.63) is 78.5 Å². The molecule has 1 N–H and O–H groups in total. The molecule has 0 spiro atoms. The van der Waals surface area contributed by atoms with Gasteiger partial charge in [-0.3, -0.25) is 4.79 Å². The smallest absolute Gasteiger partial charge is 0.275 e. The Labute approximate surface area is 162 Å². The summed E-state index contributed by atoms with van der Waals surface area (Å²) in [6.07, 6.45) is 3.09. The molecular formula is C21H20FN5O. The standard InChI is InChI=1S/C21H20FN5O/c22-17-8-4-5-9-19(17)26-10-12-27(13-11-26)20-15-23-18(14-24-20)21(28)25-16-6-2-1-3-7-16/h1-9,14-15H,10-13H2,(H,25,28). The van der Waals surface area contributed by atoms with Crippen molar-refractivity contribution in [1.82, 2.24) is 9.97 Å². The number of carbonyl (C=O) groups is 1. The summed E-state index contributed by atoms with van der Waals surface area (Å²) < 4.78 is 14.0. The number of aromatic nitrogens is 2. The van der Waals surface area contributed by atoms with Crippen LogP contribution in [0.3, 0.4) is 0 Å². The Morgan fingerprint density at radius 3 is 2.21 bits per heavy atom. The van der Waals surface area contributed by atoms with E-state index in [0.29, 0.717) is 43.4 Å². The van der Waals surface area contributed by atoms with Crippen LogP contribution in [-0.4, -0.2) is 42.1 Å². The minimum Gasteiger partial charge on any atom is -0.366 e. The number of nitrogens with one attached hydrogen (secondary N) is 1. The van der Waals surface area contributed by atoms with Crippen LogP contribution in [0.2, 0.25) is 0 Å². The molecule has 0 radical (unpaired) electrons. The first kappa shape index (κ1) is 17.9. The minimum atomic E-state index is -0.297. The molecule has 3 aromatic rings. The van der Waals surface area contributed by atoms with Crippen molar-refractivity contribution in [3.63, 3.8) is 0 Å². The molecule has 0 atom stereocenters. The van der Waals surface area contributed by atoms with Gasteiger partial charge in [0.05, 0.1) is 18.1 Å². The van der Waals surface area contributed by atoms with Gasteiger partial charge in [0.25, 0.3) is 5.91 Å². The van der Waals surface area contributed by atoms with Crippen LogP contribution in [0.1, 0.15) is 10.5 Å². The first-order valence-corrected chi connectivity index (χ1v) is 9.13. The Hall–Kier alpha value is -3.48. The molecule has 0 bridgehead atoms. The van der Waals surface area contributed by atoms with E-state index >= 15 is 0 Å². The quantitative estimate of drug-likeness (QED) is 0.757. The number of amides is 1. The van der Waals surface area contributed by atoms with Crippen LogP contribution in [0.4, 0.5) is 21.6 Å². The molecule has 1 fully saturated rings. The minimum absolute atomic E-state index is 0.204. The number of halogens is 1.